The number of hydrogen-bond acceptors (Lipinski definition) is 7. The van der Waals surface area contributed by atoms with Gasteiger partial charge in [-0.1, -0.05) is 0 Å². The number of rotatable bonds is 7. The lowest BCUT2D eigenvalue weighted by atomic mass is 9.92. The summed E-state index contributed by atoms with van der Waals surface area (Å²) in [7, 11) is 3.50. The first-order chi connectivity index (χ1) is 16.1. The summed E-state index contributed by atoms with van der Waals surface area (Å²) < 4.78 is 8.91. The van der Waals surface area contributed by atoms with Gasteiger partial charge in [-0.05, 0) is 50.7 Å². The third-order valence-electron chi connectivity index (χ3n) is 6.45. The maximum atomic E-state index is 13.3. The first-order valence-corrected chi connectivity index (χ1v) is 11.5. The van der Waals surface area contributed by atoms with E-state index in [2.05, 4.69) is 26.0 Å². The van der Waals surface area contributed by atoms with Gasteiger partial charge in [-0.2, -0.15) is 9.61 Å². The SMILES string of the molecule is CNc1cc(Nc2cccn([C@H]3CCC[C@H](OC)C3)c2=O)nc2c(C(=O)NC3CC3)cnn12. The predicted octanol–water partition coefficient (Wildman–Crippen LogP) is 2.70. The number of aromatic nitrogens is 4. The first-order valence-electron chi connectivity index (χ1n) is 11.5. The Labute approximate surface area is 191 Å². The van der Waals surface area contributed by atoms with Crippen molar-refractivity contribution in [3.63, 3.8) is 0 Å². The molecule has 3 heterocycles. The van der Waals surface area contributed by atoms with Gasteiger partial charge in [-0.25, -0.2) is 4.98 Å². The fourth-order valence-corrected chi connectivity index (χ4v) is 4.47. The van der Waals surface area contributed by atoms with Crippen molar-refractivity contribution >= 4 is 28.9 Å². The van der Waals surface area contributed by atoms with Gasteiger partial charge in [0.05, 0.1) is 12.3 Å². The maximum absolute atomic E-state index is 13.3. The second kappa shape index (κ2) is 8.86. The summed E-state index contributed by atoms with van der Waals surface area (Å²) in [5.74, 6) is 0.923. The number of carbonyl (C=O) groups excluding carboxylic acids is 1. The molecule has 1 amide bonds. The van der Waals surface area contributed by atoms with Crippen molar-refractivity contribution in [2.75, 3.05) is 24.8 Å². The lowest BCUT2D eigenvalue weighted by Gasteiger charge is -2.29. The highest BCUT2D eigenvalue weighted by atomic mass is 16.5. The van der Waals surface area contributed by atoms with Crippen molar-refractivity contribution < 1.29 is 9.53 Å². The van der Waals surface area contributed by atoms with Gasteiger partial charge in [0.1, 0.15) is 22.9 Å². The van der Waals surface area contributed by atoms with Crippen molar-refractivity contribution in [2.45, 2.75) is 56.7 Å². The normalized spacial score (nSPS) is 20.5. The van der Waals surface area contributed by atoms with E-state index in [1.165, 1.54) is 6.20 Å². The highest BCUT2D eigenvalue weighted by Crippen LogP contribution is 2.29. The van der Waals surface area contributed by atoms with Crippen LogP contribution in [0.25, 0.3) is 5.65 Å². The molecule has 2 saturated carbocycles. The van der Waals surface area contributed by atoms with E-state index in [0.29, 0.717) is 28.5 Å². The van der Waals surface area contributed by atoms with E-state index in [1.54, 1.807) is 35.4 Å². The summed E-state index contributed by atoms with van der Waals surface area (Å²) in [5, 5.41) is 13.5. The van der Waals surface area contributed by atoms with Crippen LogP contribution in [0.5, 0.6) is 0 Å². The van der Waals surface area contributed by atoms with Crippen molar-refractivity contribution in [3.8, 4) is 0 Å². The van der Waals surface area contributed by atoms with E-state index in [4.69, 9.17) is 4.74 Å². The minimum atomic E-state index is -0.189. The molecule has 33 heavy (non-hydrogen) atoms. The molecular weight excluding hydrogens is 422 g/mol. The minimum Gasteiger partial charge on any atom is -0.381 e. The van der Waals surface area contributed by atoms with Crippen molar-refractivity contribution in [3.05, 3.63) is 46.5 Å². The van der Waals surface area contributed by atoms with Crippen LogP contribution in [0.2, 0.25) is 0 Å². The van der Waals surface area contributed by atoms with E-state index < -0.39 is 0 Å². The van der Waals surface area contributed by atoms with Gasteiger partial charge >= 0.3 is 0 Å². The summed E-state index contributed by atoms with van der Waals surface area (Å²) in [6.45, 7) is 0. The molecule has 3 aromatic rings. The standard InChI is InChI=1S/C23H29N7O3/c1-24-20-12-19(28-21-17(13-25-30(20)21)22(31)26-14-8-9-14)27-18-7-4-10-29(23(18)32)15-5-3-6-16(11-15)33-2/h4,7,10,12-16,24H,3,5-6,8-9,11H2,1-2H3,(H,26,31)(H,27,28)/t15-,16-/m0/s1. The maximum Gasteiger partial charge on any atom is 0.274 e. The Balaban J connectivity index is 1.46. The smallest absolute Gasteiger partial charge is 0.274 e. The number of ether oxygens (including phenoxy) is 1. The van der Waals surface area contributed by atoms with Crippen molar-refractivity contribution in [1.82, 2.24) is 24.5 Å². The Morgan fingerprint density at radius 3 is 2.85 bits per heavy atom. The Morgan fingerprint density at radius 2 is 2.09 bits per heavy atom. The molecule has 0 bridgehead atoms. The number of pyridine rings is 1. The molecule has 0 unspecified atom stereocenters. The molecule has 10 heteroatoms. The van der Waals surface area contributed by atoms with Gasteiger partial charge in [0, 0.05) is 38.5 Å². The zero-order valence-electron chi connectivity index (χ0n) is 18.9. The lowest BCUT2D eigenvalue weighted by Crippen LogP contribution is -2.31. The number of fused-ring (bicyclic) bond motifs is 1. The number of methoxy groups -OCH3 is 1. The molecule has 3 N–H and O–H groups in total. The minimum absolute atomic E-state index is 0.104. The van der Waals surface area contributed by atoms with Crippen LogP contribution in [0.1, 0.15) is 54.9 Å². The molecule has 0 aromatic carbocycles. The summed E-state index contributed by atoms with van der Waals surface area (Å²) in [5.41, 5.74) is 1.15. The topological polar surface area (TPSA) is 115 Å². The van der Waals surface area contributed by atoms with E-state index in [-0.39, 0.29) is 29.7 Å². The molecule has 5 rings (SSSR count). The highest BCUT2D eigenvalue weighted by Gasteiger charge is 2.27. The summed E-state index contributed by atoms with van der Waals surface area (Å²) >= 11 is 0. The lowest BCUT2D eigenvalue weighted by molar-refractivity contribution is 0.0525. The fraction of sp³-hybridized carbons (Fsp3) is 0.478. The number of amides is 1. The number of hydrogen-bond donors (Lipinski definition) is 3. The molecule has 3 aromatic heterocycles. The second-order valence-electron chi connectivity index (χ2n) is 8.76. The highest BCUT2D eigenvalue weighted by molar-refractivity contribution is 6.00. The fourth-order valence-electron chi connectivity index (χ4n) is 4.47. The number of anilines is 3. The molecule has 2 fully saturated rings. The Hall–Kier alpha value is -3.40. The predicted molar refractivity (Wildman–Crippen MR) is 125 cm³/mol. The number of nitrogens with zero attached hydrogens (tertiary/aromatic N) is 4. The quantitative estimate of drug-likeness (QED) is 0.506. The zero-order chi connectivity index (χ0) is 22.9. The molecule has 0 saturated heterocycles. The van der Waals surface area contributed by atoms with Crippen LogP contribution in [0, 0.1) is 0 Å². The van der Waals surface area contributed by atoms with Crippen LogP contribution in [-0.2, 0) is 4.74 Å². The van der Waals surface area contributed by atoms with E-state index in [1.807, 2.05) is 12.3 Å². The average molecular weight is 452 g/mol. The summed E-state index contributed by atoms with van der Waals surface area (Å²) in [6, 6.07) is 5.72. The molecule has 0 aliphatic heterocycles. The van der Waals surface area contributed by atoms with E-state index in [9.17, 15) is 9.59 Å². The Bertz CT molecular complexity index is 1230. The molecule has 0 spiro atoms. The van der Waals surface area contributed by atoms with Crippen molar-refractivity contribution in [2.24, 2.45) is 0 Å². The summed E-state index contributed by atoms with van der Waals surface area (Å²) in [6.07, 6.45) is 9.37. The van der Waals surface area contributed by atoms with Gasteiger partial charge < -0.3 is 25.3 Å². The van der Waals surface area contributed by atoms with Gasteiger partial charge in [0.25, 0.3) is 11.5 Å². The van der Waals surface area contributed by atoms with Gasteiger partial charge in [-0.3, -0.25) is 9.59 Å². The monoisotopic (exact) mass is 451 g/mol. The van der Waals surface area contributed by atoms with Gasteiger partial charge in [0.15, 0.2) is 5.65 Å². The van der Waals surface area contributed by atoms with E-state index >= 15 is 0 Å². The third kappa shape index (κ3) is 4.30. The van der Waals surface area contributed by atoms with Gasteiger partial charge in [-0.15, -0.1) is 0 Å². The van der Waals surface area contributed by atoms with Gasteiger partial charge in [0.2, 0.25) is 0 Å². The van der Waals surface area contributed by atoms with Crippen LogP contribution >= 0.6 is 0 Å². The molecule has 2 aliphatic rings. The largest absolute Gasteiger partial charge is 0.381 e. The van der Waals surface area contributed by atoms with Crippen LogP contribution in [-0.4, -0.2) is 51.4 Å². The van der Waals surface area contributed by atoms with Crippen LogP contribution in [0.4, 0.5) is 17.3 Å². The molecule has 2 aliphatic carbocycles. The molecule has 10 nitrogen and oxygen atoms in total. The molecule has 2 atom stereocenters. The van der Waals surface area contributed by atoms with Crippen molar-refractivity contribution in [1.29, 1.82) is 0 Å². The van der Waals surface area contributed by atoms with Crippen LogP contribution in [0.15, 0.2) is 35.4 Å². The Morgan fingerprint density at radius 1 is 1.24 bits per heavy atom. The molecule has 174 valence electrons. The third-order valence-corrected chi connectivity index (χ3v) is 6.45. The zero-order valence-corrected chi connectivity index (χ0v) is 18.9. The number of nitrogens with one attached hydrogen (secondary N) is 3. The molecular formula is C23H29N7O3. The summed E-state index contributed by atoms with van der Waals surface area (Å²) in [4.78, 5) is 30.5. The van der Waals surface area contributed by atoms with Crippen LogP contribution < -0.4 is 21.5 Å². The number of carbonyl (C=O) groups is 1. The van der Waals surface area contributed by atoms with E-state index in [0.717, 1.165) is 38.5 Å². The Kier molecular flexibility index (Phi) is 5.76. The van der Waals surface area contributed by atoms with Crippen LogP contribution in [0.3, 0.4) is 0 Å². The second-order valence-corrected chi connectivity index (χ2v) is 8.76. The first kappa shape index (κ1) is 21.4. The molecule has 0 radical (unpaired) electrons. The average Bonchev–Trinajstić information content (AvgIpc) is 3.54.